The standard InChI is InChI=1S/C18H33N5O.HI/c1-14-17(15(2)23(5)21-14)6-10-20-18(19-3)22(4)11-7-16-8-12-24-13-9-16;/h16H,6-13H2,1-5H3,(H,19,20);1H. The van der Waals surface area contributed by atoms with E-state index in [-0.39, 0.29) is 24.0 Å². The zero-order valence-corrected chi connectivity index (χ0v) is 18.7. The summed E-state index contributed by atoms with van der Waals surface area (Å²) in [5, 5.41) is 7.97. The summed E-state index contributed by atoms with van der Waals surface area (Å²) in [5.41, 5.74) is 3.71. The number of guanidine groups is 1. The molecule has 144 valence electrons. The van der Waals surface area contributed by atoms with E-state index in [0.717, 1.165) is 50.3 Å². The third-order valence-corrected chi connectivity index (χ3v) is 5.10. The van der Waals surface area contributed by atoms with Gasteiger partial charge in [-0.15, -0.1) is 24.0 Å². The third-order valence-electron chi connectivity index (χ3n) is 5.10. The minimum Gasteiger partial charge on any atom is -0.381 e. The number of hydrogen-bond donors (Lipinski definition) is 1. The molecule has 1 aromatic heterocycles. The number of aliphatic imine (C=N–C) groups is 1. The van der Waals surface area contributed by atoms with Crippen molar-refractivity contribution >= 4 is 29.9 Å². The van der Waals surface area contributed by atoms with Crippen LogP contribution in [0.15, 0.2) is 4.99 Å². The van der Waals surface area contributed by atoms with Crippen LogP contribution < -0.4 is 5.32 Å². The maximum atomic E-state index is 5.43. The number of aromatic nitrogens is 2. The predicted octanol–water partition coefficient (Wildman–Crippen LogP) is 2.52. The molecule has 0 radical (unpaired) electrons. The lowest BCUT2D eigenvalue weighted by Crippen LogP contribution is -2.40. The molecular weight excluding hydrogens is 429 g/mol. The highest BCUT2D eigenvalue weighted by Gasteiger charge is 2.15. The fourth-order valence-electron chi connectivity index (χ4n) is 3.38. The molecule has 1 fully saturated rings. The first-order chi connectivity index (χ1) is 11.5. The molecule has 2 heterocycles. The Kier molecular flexibility index (Phi) is 9.78. The van der Waals surface area contributed by atoms with Crippen molar-refractivity contribution in [2.24, 2.45) is 18.0 Å². The number of hydrogen-bond acceptors (Lipinski definition) is 3. The van der Waals surface area contributed by atoms with E-state index in [1.165, 1.54) is 30.5 Å². The molecular formula is C18H34IN5O. The molecule has 1 aromatic rings. The molecule has 0 spiro atoms. The summed E-state index contributed by atoms with van der Waals surface area (Å²) in [6.45, 7) is 7.97. The second kappa shape index (κ2) is 11.0. The van der Waals surface area contributed by atoms with Crippen molar-refractivity contribution in [3.05, 3.63) is 17.0 Å². The maximum absolute atomic E-state index is 5.43. The van der Waals surface area contributed by atoms with Crippen molar-refractivity contribution in [1.82, 2.24) is 20.0 Å². The average Bonchev–Trinajstić information content (AvgIpc) is 2.83. The Labute approximate surface area is 169 Å². The first kappa shape index (κ1) is 22.2. The smallest absolute Gasteiger partial charge is 0.193 e. The van der Waals surface area contributed by atoms with Crippen molar-refractivity contribution in [3.63, 3.8) is 0 Å². The number of rotatable bonds is 6. The number of aryl methyl sites for hydroxylation is 2. The molecule has 0 aliphatic carbocycles. The first-order valence-electron chi connectivity index (χ1n) is 9.01. The van der Waals surface area contributed by atoms with Gasteiger partial charge in [0, 0.05) is 53.1 Å². The maximum Gasteiger partial charge on any atom is 0.193 e. The molecule has 2 rings (SSSR count). The fraction of sp³-hybridized carbons (Fsp3) is 0.778. The number of ether oxygens (including phenoxy) is 1. The zero-order chi connectivity index (χ0) is 17.5. The van der Waals surface area contributed by atoms with Gasteiger partial charge < -0.3 is 15.0 Å². The Bertz CT molecular complexity index is 552. The van der Waals surface area contributed by atoms with Gasteiger partial charge >= 0.3 is 0 Å². The van der Waals surface area contributed by atoms with Gasteiger partial charge in [-0.25, -0.2) is 0 Å². The lowest BCUT2D eigenvalue weighted by Gasteiger charge is -2.26. The van der Waals surface area contributed by atoms with E-state index in [9.17, 15) is 0 Å². The molecule has 7 heteroatoms. The highest BCUT2D eigenvalue weighted by atomic mass is 127. The molecule has 1 saturated heterocycles. The molecule has 0 saturated carbocycles. The zero-order valence-electron chi connectivity index (χ0n) is 16.3. The quantitative estimate of drug-likeness (QED) is 0.400. The van der Waals surface area contributed by atoms with E-state index >= 15 is 0 Å². The van der Waals surface area contributed by atoms with E-state index in [0.29, 0.717) is 0 Å². The molecule has 0 aromatic carbocycles. The van der Waals surface area contributed by atoms with Crippen molar-refractivity contribution in [3.8, 4) is 0 Å². The molecule has 1 N–H and O–H groups in total. The first-order valence-corrected chi connectivity index (χ1v) is 9.01. The summed E-state index contributed by atoms with van der Waals surface area (Å²) in [4.78, 5) is 6.65. The lowest BCUT2D eigenvalue weighted by atomic mass is 9.96. The molecule has 0 amide bonds. The average molecular weight is 463 g/mol. The van der Waals surface area contributed by atoms with Gasteiger partial charge in [0.05, 0.1) is 5.69 Å². The summed E-state index contributed by atoms with van der Waals surface area (Å²) in [7, 11) is 5.98. The summed E-state index contributed by atoms with van der Waals surface area (Å²) >= 11 is 0. The van der Waals surface area contributed by atoms with Crippen LogP contribution >= 0.6 is 24.0 Å². The Morgan fingerprint density at radius 1 is 1.36 bits per heavy atom. The van der Waals surface area contributed by atoms with Crippen LogP contribution in [0, 0.1) is 19.8 Å². The molecule has 1 aliphatic rings. The molecule has 6 nitrogen and oxygen atoms in total. The van der Waals surface area contributed by atoms with Crippen molar-refractivity contribution in [2.45, 2.75) is 39.5 Å². The van der Waals surface area contributed by atoms with Gasteiger partial charge in [0.2, 0.25) is 0 Å². The van der Waals surface area contributed by atoms with Crippen molar-refractivity contribution < 1.29 is 4.74 Å². The van der Waals surface area contributed by atoms with Gasteiger partial charge in [0.1, 0.15) is 0 Å². The number of nitrogens with one attached hydrogen (secondary N) is 1. The van der Waals surface area contributed by atoms with E-state index in [1.807, 2.05) is 18.8 Å². The van der Waals surface area contributed by atoms with E-state index in [2.05, 4.69) is 41.2 Å². The van der Waals surface area contributed by atoms with Gasteiger partial charge in [-0.05, 0) is 51.0 Å². The van der Waals surface area contributed by atoms with Gasteiger partial charge in [-0.1, -0.05) is 0 Å². The second-order valence-electron chi connectivity index (χ2n) is 6.76. The highest BCUT2D eigenvalue weighted by molar-refractivity contribution is 14.0. The summed E-state index contributed by atoms with van der Waals surface area (Å²) in [6.07, 6.45) is 4.57. The Hall–Kier alpha value is -0.830. The molecule has 0 unspecified atom stereocenters. The molecule has 0 atom stereocenters. The number of nitrogens with zero attached hydrogens (tertiary/aromatic N) is 4. The lowest BCUT2D eigenvalue weighted by molar-refractivity contribution is 0.0625. The van der Waals surface area contributed by atoms with Crippen LogP contribution in [-0.4, -0.2) is 61.0 Å². The monoisotopic (exact) mass is 463 g/mol. The minimum absolute atomic E-state index is 0. The van der Waals surface area contributed by atoms with Crippen LogP contribution in [0.4, 0.5) is 0 Å². The summed E-state index contributed by atoms with van der Waals surface area (Å²) in [6, 6.07) is 0. The van der Waals surface area contributed by atoms with Gasteiger partial charge in [-0.3, -0.25) is 9.67 Å². The van der Waals surface area contributed by atoms with E-state index in [4.69, 9.17) is 4.74 Å². The van der Waals surface area contributed by atoms with E-state index in [1.54, 1.807) is 0 Å². The van der Waals surface area contributed by atoms with Crippen LogP contribution in [0.25, 0.3) is 0 Å². The summed E-state index contributed by atoms with van der Waals surface area (Å²) < 4.78 is 7.39. The van der Waals surface area contributed by atoms with Crippen molar-refractivity contribution in [1.29, 1.82) is 0 Å². The second-order valence-corrected chi connectivity index (χ2v) is 6.76. The third kappa shape index (κ3) is 6.44. The van der Waals surface area contributed by atoms with Crippen LogP contribution in [0.3, 0.4) is 0 Å². The minimum atomic E-state index is 0. The van der Waals surface area contributed by atoms with Crippen LogP contribution in [-0.2, 0) is 18.2 Å². The fourth-order valence-corrected chi connectivity index (χ4v) is 3.38. The van der Waals surface area contributed by atoms with E-state index < -0.39 is 0 Å². The van der Waals surface area contributed by atoms with Crippen LogP contribution in [0.5, 0.6) is 0 Å². The van der Waals surface area contributed by atoms with Gasteiger partial charge in [0.15, 0.2) is 5.96 Å². The molecule has 0 bridgehead atoms. The highest BCUT2D eigenvalue weighted by Crippen LogP contribution is 2.18. The Balaban J connectivity index is 0.00000312. The normalized spacial score (nSPS) is 15.8. The predicted molar refractivity (Wildman–Crippen MR) is 114 cm³/mol. The number of halogens is 1. The van der Waals surface area contributed by atoms with Gasteiger partial charge in [-0.2, -0.15) is 5.10 Å². The Morgan fingerprint density at radius 2 is 2.04 bits per heavy atom. The van der Waals surface area contributed by atoms with Gasteiger partial charge in [0.25, 0.3) is 0 Å². The summed E-state index contributed by atoms with van der Waals surface area (Å²) in [5.74, 6) is 1.77. The van der Waals surface area contributed by atoms with Crippen molar-refractivity contribution in [2.75, 3.05) is 40.4 Å². The SMILES string of the molecule is CN=C(NCCc1c(C)nn(C)c1C)N(C)CCC1CCOCC1.I. The van der Waals surface area contributed by atoms with Crippen LogP contribution in [0.2, 0.25) is 0 Å². The molecule has 1 aliphatic heterocycles. The Morgan fingerprint density at radius 3 is 2.60 bits per heavy atom. The molecule has 25 heavy (non-hydrogen) atoms. The van der Waals surface area contributed by atoms with Crippen LogP contribution in [0.1, 0.15) is 36.2 Å². The topological polar surface area (TPSA) is 54.7 Å². The largest absolute Gasteiger partial charge is 0.381 e.